The van der Waals surface area contributed by atoms with Crippen molar-refractivity contribution in [1.82, 2.24) is 4.57 Å². The van der Waals surface area contributed by atoms with Crippen LogP contribution >= 0.6 is 0 Å². The number of aromatic nitrogens is 1. The number of benzene rings is 4. The van der Waals surface area contributed by atoms with Crippen molar-refractivity contribution in [3.63, 3.8) is 0 Å². The molecule has 38 heavy (non-hydrogen) atoms. The van der Waals surface area contributed by atoms with Crippen LogP contribution in [0, 0.1) is 10.1 Å². The van der Waals surface area contributed by atoms with Gasteiger partial charge in [-0.25, -0.2) is 4.79 Å². The fraction of sp³-hybridized carbons (Fsp3) is 0. The van der Waals surface area contributed by atoms with E-state index in [1.807, 2.05) is 71.3 Å². The summed E-state index contributed by atoms with van der Waals surface area (Å²) in [5.41, 5.74) is 5.07. The van der Waals surface area contributed by atoms with Crippen molar-refractivity contribution >= 4 is 23.6 Å². The van der Waals surface area contributed by atoms with E-state index in [4.69, 9.17) is 0 Å². The molecule has 4 aromatic carbocycles. The molecule has 8 nitrogen and oxygen atoms in total. The van der Waals surface area contributed by atoms with Crippen LogP contribution in [0.3, 0.4) is 0 Å². The number of carboxylic acids is 1. The predicted octanol–water partition coefficient (Wildman–Crippen LogP) is 6.87. The highest BCUT2D eigenvalue weighted by molar-refractivity contribution is 5.96. The van der Waals surface area contributed by atoms with E-state index in [-0.39, 0.29) is 17.0 Å². The molecule has 0 aliphatic heterocycles. The maximum Gasteiger partial charge on any atom is 0.339 e. The number of non-ortho nitro benzene ring substituents is 1. The van der Waals surface area contributed by atoms with Gasteiger partial charge in [0.15, 0.2) is 0 Å². The summed E-state index contributed by atoms with van der Waals surface area (Å²) in [7, 11) is 0. The molecule has 0 fully saturated rings. The van der Waals surface area contributed by atoms with E-state index in [9.17, 15) is 25.1 Å². The summed E-state index contributed by atoms with van der Waals surface area (Å²) in [6, 6.07) is 31.9. The third-order valence-electron chi connectivity index (χ3n) is 6.03. The molecule has 186 valence electrons. The second-order valence-electron chi connectivity index (χ2n) is 8.44. The van der Waals surface area contributed by atoms with Crippen molar-refractivity contribution in [2.45, 2.75) is 0 Å². The van der Waals surface area contributed by atoms with Gasteiger partial charge in [0.1, 0.15) is 11.3 Å². The molecule has 0 aliphatic rings. The monoisotopic (exact) mass is 503 g/mol. The maximum absolute atomic E-state index is 11.5. The molecule has 0 amide bonds. The van der Waals surface area contributed by atoms with Crippen LogP contribution in [0.4, 0.5) is 11.4 Å². The highest BCUT2D eigenvalue weighted by atomic mass is 16.6. The van der Waals surface area contributed by atoms with E-state index in [2.05, 4.69) is 4.99 Å². The van der Waals surface area contributed by atoms with Crippen molar-refractivity contribution in [2.75, 3.05) is 0 Å². The number of aromatic hydroxyl groups is 1. The number of nitro benzene ring substituents is 1. The van der Waals surface area contributed by atoms with E-state index < -0.39 is 10.9 Å². The molecule has 5 aromatic rings. The standard InChI is InChI=1S/C30H21N3O5/c34-28-16-11-23(18-26(28)30(35)36)31-19-22-17-27(20-7-3-1-4-8-20)32(29(22)21-9-5-2-6-10-21)24-12-14-25(15-13-24)33(37)38/h1-19,34H,(H,35,36). The molecule has 0 aliphatic carbocycles. The van der Waals surface area contributed by atoms with Crippen molar-refractivity contribution in [3.05, 3.63) is 130 Å². The third kappa shape index (κ3) is 4.78. The number of carbonyl (C=O) groups is 1. The molecule has 0 saturated carbocycles. The third-order valence-corrected chi connectivity index (χ3v) is 6.03. The number of nitro groups is 1. The van der Waals surface area contributed by atoms with Gasteiger partial charge in [-0.05, 0) is 47.5 Å². The number of carboxylic acid groups (broad SMARTS) is 1. The lowest BCUT2D eigenvalue weighted by Crippen LogP contribution is -2.01. The summed E-state index contributed by atoms with van der Waals surface area (Å²) in [6.45, 7) is 0. The van der Waals surface area contributed by atoms with E-state index in [0.717, 1.165) is 33.8 Å². The number of rotatable bonds is 7. The first-order valence-electron chi connectivity index (χ1n) is 11.6. The first-order chi connectivity index (χ1) is 18.4. The lowest BCUT2D eigenvalue weighted by atomic mass is 10.1. The molecule has 1 aromatic heterocycles. The molecule has 5 rings (SSSR count). The van der Waals surface area contributed by atoms with E-state index in [0.29, 0.717) is 5.69 Å². The summed E-state index contributed by atoms with van der Waals surface area (Å²) in [5.74, 6) is -1.59. The topological polar surface area (TPSA) is 118 Å². The van der Waals surface area contributed by atoms with Crippen molar-refractivity contribution in [2.24, 2.45) is 4.99 Å². The van der Waals surface area contributed by atoms with Crippen molar-refractivity contribution in [3.8, 4) is 34.0 Å². The summed E-state index contributed by atoms with van der Waals surface area (Å²) < 4.78 is 2.02. The van der Waals surface area contributed by atoms with Gasteiger partial charge in [0.25, 0.3) is 5.69 Å². The van der Waals surface area contributed by atoms with Crippen LogP contribution in [0.1, 0.15) is 15.9 Å². The molecule has 0 radical (unpaired) electrons. The van der Waals surface area contributed by atoms with Crippen LogP contribution in [0.5, 0.6) is 5.75 Å². The predicted molar refractivity (Wildman–Crippen MR) is 146 cm³/mol. The minimum Gasteiger partial charge on any atom is -0.507 e. The quantitative estimate of drug-likeness (QED) is 0.143. The maximum atomic E-state index is 11.5. The van der Waals surface area contributed by atoms with Gasteiger partial charge in [0.05, 0.1) is 22.0 Å². The average Bonchev–Trinajstić information content (AvgIpc) is 3.33. The number of hydrogen-bond donors (Lipinski definition) is 2. The van der Waals surface area contributed by atoms with Gasteiger partial charge in [-0.15, -0.1) is 0 Å². The van der Waals surface area contributed by atoms with Gasteiger partial charge in [0.2, 0.25) is 0 Å². The molecule has 2 N–H and O–H groups in total. The Morgan fingerprint density at radius 1 is 0.842 bits per heavy atom. The summed E-state index contributed by atoms with van der Waals surface area (Å²) >= 11 is 0. The Hall–Kier alpha value is -5.50. The van der Waals surface area contributed by atoms with Crippen LogP contribution in [0.25, 0.3) is 28.2 Å². The number of hydrogen-bond acceptors (Lipinski definition) is 5. The van der Waals surface area contributed by atoms with Gasteiger partial charge < -0.3 is 14.8 Å². The van der Waals surface area contributed by atoms with Crippen LogP contribution in [-0.4, -0.2) is 31.9 Å². The van der Waals surface area contributed by atoms with Crippen molar-refractivity contribution in [1.29, 1.82) is 0 Å². The summed E-state index contributed by atoms with van der Waals surface area (Å²) in [4.78, 5) is 26.8. The molecule has 0 spiro atoms. The molecule has 0 saturated heterocycles. The lowest BCUT2D eigenvalue weighted by molar-refractivity contribution is -0.384. The highest BCUT2D eigenvalue weighted by Crippen LogP contribution is 2.36. The number of phenols is 1. The Balaban J connectivity index is 1.74. The molecule has 0 bridgehead atoms. The Bertz CT molecular complexity index is 1660. The fourth-order valence-electron chi connectivity index (χ4n) is 4.25. The first-order valence-corrected chi connectivity index (χ1v) is 11.6. The first kappa shape index (κ1) is 24.2. The minimum absolute atomic E-state index is 0.00761. The number of aliphatic imine (C=N–C) groups is 1. The molecule has 1 heterocycles. The molecule has 0 atom stereocenters. The van der Waals surface area contributed by atoms with Crippen LogP contribution in [0.15, 0.2) is 114 Å². The zero-order valence-electron chi connectivity index (χ0n) is 19.9. The van der Waals surface area contributed by atoms with Crippen LogP contribution in [-0.2, 0) is 0 Å². The van der Waals surface area contributed by atoms with E-state index in [1.54, 1.807) is 18.3 Å². The molecule has 0 unspecified atom stereocenters. The second kappa shape index (κ2) is 10.2. The Morgan fingerprint density at radius 3 is 2.08 bits per heavy atom. The van der Waals surface area contributed by atoms with Crippen molar-refractivity contribution < 1.29 is 19.9 Å². The second-order valence-corrected chi connectivity index (χ2v) is 8.44. The largest absolute Gasteiger partial charge is 0.507 e. The average molecular weight is 504 g/mol. The number of nitrogens with zero attached hydrogens (tertiary/aromatic N) is 3. The van der Waals surface area contributed by atoms with Gasteiger partial charge in [0, 0.05) is 29.6 Å². The normalized spacial score (nSPS) is 11.1. The highest BCUT2D eigenvalue weighted by Gasteiger charge is 2.19. The summed E-state index contributed by atoms with van der Waals surface area (Å²) in [5, 5.41) is 30.5. The Morgan fingerprint density at radius 2 is 1.47 bits per heavy atom. The van der Waals surface area contributed by atoms with Gasteiger partial charge in [-0.2, -0.15) is 0 Å². The SMILES string of the molecule is O=C(O)c1cc(N=Cc2cc(-c3ccccc3)n(-c3ccc([N+](=O)[O-])cc3)c2-c2ccccc2)ccc1O. The van der Waals surface area contributed by atoms with Crippen LogP contribution < -0.4 is 0 Å². The molecular weight excluding hydrogens is 482 g/mol. The zero-order chi connectivity index (χ0) is 26.6. The van der Waals surface area contributed by atoms with Gasteiger partial charge >= 0.3 is 5.97 Å². The summed E-state index contributed by atoms with van der Waals surface area (Å²) in [6.07, 6.45) is 1.65. The zero-order valence-corrected chi connectivity index (χ0v) is 19.9. The minimum atomic E-state index is -1.25. The van der Waals surface area contributed by atoms with E-state index in [1.165, 1.54) is 30.3 Å². The smallest absolute Gasteiger partial charge is 0.339 e. The van der Waals surface area contributed by atoms with Gasteiger partial charge in [-0.1, -0.05) is 60.7 Å². The lowest BCUT2D eigenvalue weighted by Gasteiger charge is -2.15. The van der Waals surface area contributed by atoms with Crippen LogP contribution in [0.2, 0.25) is 0 Å². The Labute approximate surface area is 217 Å². The molecule has 8 heteroatoms. The van der Waals surface area contributed by atoms with E-state index >= 15 is 0 Å². The molecular formula is C30H21N3O5. The Kier molecular flexibility index (Phi) is 6.52. The fourth-order valence-corrected chi connectivity index (χ4v) is 4.25. The number of aromatic carboxylic acids is 1. The van der Waals surface area contributed by atoms with Gasteiger partial charge in [-0.3, -0.25) is 15.1 Å².